The molecule has 1 heterocycles. The Morgan fingerprint density at radius 2 is 1.95 bits per heavy atom. The van der Waals surface area contributed by atoms with Crippen LogP contribution in [0.5, 0.6) is 0 Å². The first-order chi connectivity index (χ1) is 10.0. The van der Waals surface area contributed by atoms with Gasteiger partial charge in [0.15, 0.2) is 0 Å². The van der Waals surface area contributed by atoms with Crippen molar-refractivity contribution >= 4 is 16.9 Å². The van der Waals surface area contributed by atoms with Crippen LogP contribution < -0.4 is 0 Å². The Labute approximate surface area is 125 Å². The molecular weight excluding hydrogens is 266 g/mol. The van der Waals surface area contributed by atoms with Crippen LogP contribution in [-0.2, 0) is 19.4 Å². The van der Waals surface area contributed by atoms with Gasteiger partial charge in [0.25, 0.3) is 0 Å². The highest BCUT2D eigenvalue weighted by atomic mass is 16.4. The number of fused-ring (bicyclic) bond motifs is 1. The summed E-state index contributed by atoms with van der Waals surface area (Å²) in [4.78, 5) is 11.3. The number of carbonyl (C=O) groups is 1. The van der Waals surface area contributed by atoms with Gasteiger partial charge in [0.05, 0.1) is 11.1 Å². The van der Waals surface area contributed by atoms with E-state index in [9.17, 15) is 9.90 Å². The van der Waals surface area contributed by atoms with E-state index in [1.54, 1.807) is 12.1 Å². The maximum atomic E-state index is 11.3. The first-order valence-corrected chi connectivity index (χ1v) is 7.53. The molecule has 114 valence electrons. The largest absolute Gasteiger partial charge is 0.478 e. The van der Waals surface area contributed by atoms with Crippen LogP contribution in [0.3, 0.4) is 0 Å². The summed E-state index contributed by atoms with van der Waals surface area (Å²) < 4.78 is 2.23. The van der Waals surface area contributed by atoms with E-state index in [0.717, 1.165) is 35.9 Å². The SMILES string of the molecule is CCc1c(C)n(CCCO)c2c(CC)cc(C(=O)O)cc12. The average molecular weight is 289 g/mol. The van der Waals surface area contributed by atoms with Crippen LogP contribution in [-0.4, -0.2) is 27.4 Å². The number of benzene rings is 1. The molecule has 4 heteroatoms. The summed E-state index contributed by atoms with van der Waals surface area (Å²) in [5.41, 5.74) is 4.93. The molecule has 2 rings (SSSR count). The number of rotatable bonds is 6. The van der Waals surface area contributed by atoms with E-state index in [0.29, 0.717) is 12.0 Å². The number of aryl methyl sites for hydroxylation is 3. The monoisotopic (exact) mass is 289 g/mol. The molecule has 0 saturated carbocycles. The highest BCUT2D eigenvalue weighted by Gasteiger charge is 2.18. The molecular formula is C17H23NO3. The summed E-state index contributed by atoms with van der Waals surface area (Å²) in [5.74, 6) is -0.880. The lowest BCUT2D eigenvalue weighted by atomic mass is 10.0. The van der Waals surface area contributed by atoms with Crippen LogP contribution >= 0.6 is 0 Å². The number of carboxylic acids is 1. The summed E-state index contributed by atoms with van der Waals surface area (Å²) in [6.45, 7) is 7.14. The van der Waals surface area contributed by atoms with Crippen LogP contribution in [0, 0.1) is 6.92 Å². The molecule has 0 fully saturated rings. The smallest absolute Gasteiger partial charge is 0.335 e. The van der Waals surface area contributed by atoms with Crippen LogP contribution in [0.15, 0.2) is 12.1 Å². The Bertz CT molecular complexity index is 670. The first kappa shape index (κ1) is 15.6. The minimum Gasteiger partial charge on any atom is -0.478 e. The average Bonchev–Trinajstić information content (AvgIpc) is 2.75. The van der Waals surface area contributed by atoms with Gasteiger partial charge in [0, 0.05) is 24.2 Å². The van der Waals surface area contributed by atoms with Gasteiger partial charge < -0.3 is 14.8 Å². The van der Waals surface area contributed by atoms with Crippen molar-refractivity contribution in [2.75, 3.05) is 6.61 Å². The minimum absolute atomic E-state index is 0.162. The molecule has 1 aromatic carbocycles. The summed E-state index contributed by atoms with van der Waals surface area (Å²) in [5, 5.41) is 19.5. The zero-order chi connectivity index (χ0) is 15.6. The second-order valence-corrected chi connectivity index (χ2v) is 5.34. The van der Waals surface area contributed by atoms with Gasteiger partial charge in [-0.15, -0.1) is 0 Å². The van der Waals surface area contributed by atoms with E-state index in [1.165, 1.54) is 11.3 Å². The lowest BCUT2D eigenvalue weighted by molar-refractivity contribution is 0.0697. The number of aliphatic hydroxyl groups excluding tert-OH is 1. The van der Waals surface area contributed by atoms with Gasteiger partial charge in [0.2, 0.25) is 0 Å². The highest BCUT2D eigenvalue weighted by Crippen LogP contribution is 2.31. The van der Waals surface area contributed by atoms with Gasteiger partial charge in [-0.3, -0.25) is 0 Å². The molecule has 2 aromatic rings. The Kier molecular flexibility index (Phi) is 4.68. The molecule has 0 amide bonds. The molecule has 4 nitrogen and oxygen atoms in total. The molecule has 0 spiro atoms. The van der Waals surface area contributed by atoms with Crippen molar-refractivity contribution in [3.8, 4) is 0 Å². The number of nitrogens with zero attached hydrogens (tertiary/aromatic N) is 1. The summed E-state index contributed by atoms with van der Waals surface area (Å²) in [7, 11) is 0. The molecule has 0 aliphatic heterocycles. The number of hydrogen-bond acceptors (Lipinski definition) is 2. The molecule has 0 saturated heterocycles. The molecule has 1 aromatic heterocycles. The van der Waals surface area contributed by atoms with Crippen molar-refractivity contribution in [3.05, 3.63) is 34.5 Å². The predicted molar refractivity (Wildman–Crippen MR) is 84.1 cm³/mol. The van der Waals surface area contributed by atoms with Crippen LogP contribution in [0.1, 0.15) is 47.4 Å². The molecule has 0 bridgehead atoms. The third-order valence-electron chi connectivity index (χ3n) is 4.15. The molecule has 0 atom stereocenters. The third-order valence-corrected chi connectivity index (χ3v) is 4.15. The van der Waals surface area contributed by atoms with Gasteiger partial charge in [-0.25, -0.2) is 4.79 Å². The van der Waals surface area contributed by atoms with E-state index in [-0.39, 0.29) is 6.61 Å². The second-order valence-electron chi connectivity index (χ2n) is 5.34. The zero-order valence-corrected chi connectivity index (χ0v) is 12.9. The van der Waals surface area contributed by atoms with Crippen LogP contribution in [0.25, 0.3) is 10.9 Å². The van der Waals surface area contributed by atoms with Gasteiger partial charge in [-0.05, 0) is 49.4 Å². The second kappa shape index (κ2) is 6.31. The Balaban J connectivity index is 2.79. The number of hydrogen-bond donors (Lipinski definition) is 2. The quantitative estimate of drug-likeness (QED) is 0.858. The van der Waals surface area contributed by atoms with Crippen LogP contribution in [0.4, 0.5) is 0 Å². The topological polar surface area (TPSA) is 62.5 Å². The van der Waals surface area contributed by atoms with Crippen LogP contribution in [0.2, 0.25) is 0 Å². The molecule has 2 N–H and O–H groups in total. The fourth-order valence-corrected chi connectivity index (χ4v) is 3.12. The summed E-state index contributed by atoms with van der Waals surface area (Å²) in [6, 6.07) is 3.57. The number of aromatic nitrogens is 1. The van der Waals surface area contributed by atoms with E-state index in [2.05, 4.69) is 18.4 Å². The maximum absolute atomic E-state index is 11.3. The minimum atomic E-state index is -0.880. The highest BCUT2D eigenvalue weighted by molar-refractivity contribution is 5.97. The lowest BCUT2D eigenvalue weighted by Crippen LogP contribution is -2.05. The normalized spacial score (nSPS) is 11.2. The molecule has 0 aliphatic carbocycles. The molecule has 0 aliphatic rings. The van der Waals surface area contributed by atoms with Gasteiger partial charge >= 0.3 is 5.97 Å². The van der Waals surface area contributed by atoms with Crippen molar-refractivity contribution in [1.82, 2.24) is 4.57 Å². The summed E-state index contributed by atoms with van der Waals surface area (Å²) in [6.07, 6.45) is 2.38. The third kappa shape index (κ3) is 2.68. The number of aromatic carboxylic acids is 1. The van der Waals surface area contributed by atoms with Crippen molar-refractivity contribution in [2.24, 2.45) is 0 Å². The fourth-order valence-electron chi connectivity index (χ4n) is 3.12. The van der Waals surface area contributed by atoms with E-state index < -0.39 is 5.97 Å². The summed E-state index contributed by atoms with van der Waals surface area (Å²) >= 11 is 0. The predicted octanol–water partition coefficient (Wildman–Crippen LogP) is 3.16. The molecule has 0 unspecified atom stereocenters. The van der Waals surface area contributed by atoms with Gasteiger partial charge in [-0.1, -0.05) is 13.8 Å². The first-order valence-electron chi connectivity index (χ1n) is 7.53. The van der Waals surface area contributed by atoms with Crippen molar-refractivity contribution in [1.29, 1.82) is 0 Å². The van der Waals surface area contributed by atoms with Crippen molar-refractivity contribution in [3.63, 3.8) is 0 Å². The standard InChI is InChI=1S/C17H23NO3/c1-4-12-9-13(17(20)21)10-15-14(5-2)11(3)18(16(12)15)7-6-8-19/h9-10,19H,4-8H2,1-3H3,(H,20,21). The zero-order valence-electron chi connectivity index (χ0n) is 12.9. The molecule has 0 radical (unpaired) electrons. The van der Waals surface area contributed by atoms with Gasteiger partial charge in [0.1, 0.15) is 0 Å². The lowest BCUT2D eigenvalue weighted by Gasteiger charge is -2.11. The van der Waals surface area contributed by atoms with E-state index in [4.69, 9.17) is 5.11 Å². The fraction of sp³-hybridized carbons (Fsp3) is 0.471. The van der Waals surface area contributed by atoms with Crippen molar-refractivity contribution in [2.45, 2.75) is 46.6 Å². The number of carboxylic acid groups (broad SMARTS) is 1. The van der Waals surface area contributed by atoms with E-state index in [1.807, 2.05) is 6.92 Å². The number of aliphatic hydroxyl groups is 1. The Morgan fingerprint density at radius 3 is 2.48 bits per heavy atom. The Morgan fingerprint density at radius 1 is 1.24 bits per heavy atom. The van der Waals surface area contributed by atoms with E-state index >= 15 is 0 Å². The molecule has 21 heavy (non-hydrogen) atoms. The Hall–Kier alpha value is -1.81. The van der Waals surface area contributed by atoms with Crippen molar-refractivity contribution < 1.29 is 15.0 Å². The van der Waals surface area contributed by atoms with Gasteiger partial charge in [-0.2, -0.15) is 0 Å². The maximum Gasteiger partial charge on any atom is 0.335 e.